The monoisotopic (exact) mass is 210 g/mol. The van der Waals surface area contributed by atoms with E-state index >= 15 is 0 Å². The van der Waals surface area contributed by atoms with Crippen molar-refractivity contribution in [2.24, 2.45) is 11.8 Å². The normalized spacial score (nSPS) is 20.0. The Kier molecular flexibility index (Phi) is 2.98. The summed E-state index contributed by atoms with van der Waals surface area (Å²) in [6.07, 6.45) is 13.2. The zero-order chi connectivity index (χ0) is 11.4. The predicted molar refractivity (Wildman–Crippen MR) is 61.3 cm³/mol. The maximum atomic E-state index is 10.9. The molecule has 2 rings (SSSR count). The lowest BCUT2D eigenvalue weighted by molar-refractivity contribution is -0.111. The van der Waals surface area contributed by atoms with Crippen molar-refractivity contribution in [1.82, 2.24) is 0 Å². The van der Waals surface area contributed by atoms with Crippen molar-refractivity contribution in [1.29, 1.82) is 0 Å². The molecule has 0 aromatic carbocycles. The first-order valence-corrected chi connectivity index (χ1v) is 5.06. The van der Waals surface area contributed by atoms with Crippen LogP contribution >= 0.6 is 0 Å². The molecule has 2 aliphatic rings. The Labute approximate surface area is 94.0 Å². The first kappa shape index (κ1) is 10.4. The second kappa shape index (κ2) is 4.59. The molecular weight excluding hydrogens is 200 g/mol. The molecule has 0 bridgehead atoms. The summed E-state index contributed by atoms with van der Waals surface area (Å²) in [5, 5.41) is 0. The van der Waals surface area contributed by atoms with Crippen LogP contribution in [0.3, 0.4) is 0 Å². The van der Waals surface area contributed by atoms with Crippen LogP contribution in [0.2, 0.25) is 0 Å². The van der Waals surface area contributed by atoms with Crippen LogP contribution in [0.4, 0.5) is 0 Å². The molecular formula is C14H10O2. The van der Waals surface area contributed by atoms with Crippen LogP contribution in [0.15, 0.2) is 48.6 Å². The number of carbonyl (C=O) groups excluding carboxylic acids is 2. The van der Waals surface area contributed by atoms with Gasteiger partial charge in [0.15, 0.2) is 11.6 Å². The zero-order valence-electron chi connectivity index (χ0n) is 8.59. The Bertz CT molecular complexity index is 417. The lowest BCUT2D eigenvalue weighted by Crippen LogP contribution is -2.01. The van der Waals surface area contributed by atoms with Gasteiger partial charge in [-0.05, 0) is 24.3 Å². The van der Waals surface area contributed by atoms with Gasteiger partial charge in [-0.3, -0.25) is 9.59 Å². The molecule has 78 valence electrons. The molecule has 0 saturated heterocycles. The van der Waals surface area contributed by atoms with Gasteiger partial charge in [0.1, 0.15) is 0 Å². The van der Waals surface area contributed by atoms with Crippen molar-refractivity contribution in [3.05, 3.63) is 48.6 Å². The highest BCUT2D eigenvalue weighted by atomic mass is 16.1. The van der Waals surface area contributed by atoms with Crippen molar-refractivity contribution in [3.63, 3.8) is 0 Å². The number of carbonyl (C=O) groups is 2. The second-order valence-corrected chi connectivity index (χ2v) is 3.58. The third kappa shape index (κ3) is 2.68. The van der Waals surface area contributed by atoms with Crippen LogP contribution in [0.5, 0.6) is 0 Å². The molecule has 2 aliphatic carbocycles. The Hall–Kier alpha value is -2.14. The third-order valence-electron chi connectivity index (χ3n) is 2.29. The maximum absolute atomic E-state index is 10.9. The summed E-state index contributed by atoms with van der Waals surface area (Å²) in [6, 6.07) is 0. The van der Waals surface area contributed by atoms with E-state index in [1.807, 2.05) is 0 Å². The van der Waals surface area contributed by atoms with E-state index < -0.39 is 0 Å². The van der Waals surface area contributed by atoms with Gasteiger partial charge in [0.25, 0.3) is 0 Å². The third-order valence-corrected chi connectivity index (χ3v) is 2.29. The van der Waals surface area contributed by atoms with Crippen LogP contribution in [-0.4, -0.2) is 11.6 Å². The molecule has 0 saturated carbocycles. The minimum absolute atomic E-state index is 0.00102. The molecule has 0 radical (unpaired) electrons. The quantitative estimate of drug-likeness (QED) is 0.569. The van der Waals surface area contributed by atoms with E-state index in [9.17, 15) is 9.59 Å². The van der Waals surface area contributed by atoms with Gasteiger partial charge in [-0.25, -0.2) is 0 Å². The van der Waals surface area contributed by atoms with Crippen LogP contribution in [0.1, 0.15) is 0 Å². The summed E-state index contributed by atoms with van der Waals surface area (Å²) in [5.74, 6) is 6.07. The summed E-state index contributed by atoms with van der Waals surface area (Å²) in [4.78, 5) is 21.7. The molecule has 0 atom stereocenters. The zero-order valence-corrected chi connectivity index (χ0v) is 8.59. The van der Waals surface area contributed by atoms with Crippen molar-refractivity contribution in [3.8, 4) is 11.8 Å². The number of hydrogen-bond donors (Lipinski definition) is 0. The first-order chi connectivity index (χ1) is 7.74. The number of allylic oxidation sites excluding steroid dienone is 8. The van der Waals surface area contributed by atoms with E-state index in [1.165, 1.54) is 24.3 Å². The standard InChI is InChI=1S/C14H10O2/c15-13-7-3-11(4-8-13)1-2-12-5-9-14(16)10-6-12/h3-12H. The molecule has 0 unspecified atom stereocenters. The fraction of sp³-hybridized carbons (Fsp3) is 0.143. The molecule has 2 nitrogen and oxygen atoms in total. The van der Waals surface area contributed by atoms with Gasteiger partial charge in [0.05, 0.1) is 11.8 Å². The van der Waals surface area contributed by atoms with Gasteiger partial charge in [-0.1, -0.05) is 36.1 Å². The fourth-order valence-electron chi connectivity index (χ4n) is 1.42. The average Bonchev–Trinajstić information content (AvgIpc) is 2.30. The molecule has 0 N–H and O–H groups in total. The van der Waals surface area contributed by atoms with E-state index in [2.05, 4.69) is 11.8 Å². The van der Waals surface area contributed by atoms with E-state index in [-0.39, 0.29) is 23.4 Å². The molecule has 2 heteroatoms. The van der Waals surface area contributed by atoms with Gasteiger partial charge in [-0.15, -0.1) is 0 Å². The smallest absolute Gasteiger partial charge is 0.178 e. The molecule has 0 amide bonds. The lowest BCUT2D eigenvalue weighted by atomic mass is 9.99. The molecule has 0 fully saturated rings. The molecule has 16 heavy (non-hydrogen) atoms. The van der Waals surface area contributed by atoms with Gasteiger partial charge >= 0.3 is 0 Å². The molecule has 0 aliphatic heterocycles. The van der Waals surface area contributed by atoms with Crippen molar-refractivity contribution in [2.75, 3.05) is 0 Å². The van der Waals surface area contributed by atoms with Gasteiger partial charge in [-0.2, -0.15) is 0 Å². The van der Waals surface area contributed by atoms with E-state index in [1.54, 1.807) is 24.3 Å². The predicted octanol–water partition coefficient (Wildman–Crippen LogP) is 1.61. The molecule has 0 spiro atoms. The summed E-state index contributed by atoms with van der Waals surface area (Å²) in [5.41, 5.74) is 0. The number of ketones is 2. The summed E-state index contributed by atoms with van der Waals surface area (Å²) in [7, 11) is 0. The minimum Gasteiger partial charge on any atom is -0.290 e. The van der Waals surface area contributed by atoms with Crippen molar-refractivity contribution < 1.29 is 9.59 Å². The average molecular weight is 210 g/mol. The highest BCUT2D eigenvalue weighted by molar-refractivity contribution is 6.00. The van der Waals surface area contributed by atoms with Gasteiger partial charge < -0.3 is 0 Å². The Morgan fingerprint density at radius 1 is 0.688 bits per heavy atom. The van der Waals surface area contributed by atoms with Crippen LogP contribution in [0, 0.1) is 23.7 Å². The fourth-order valence-corrected chi connectivity index (χ4v) is 1.42. The van der Waals surface area contributed by atoms with Gasteiger partial charge in [0.2, 0.25) is 0 Å². The second-order valence-electron chi connectivity index (χ2n) is 3.58. The minimum atomic E-state index is -0.00266. The van der Waals surface area contributed by atoms with Crippen LogP contribution in [0.25, 0.3) is 0 Å². The Morgan fingerprint density at radius 3 is 1.31 bits per heavy atom. The maximum Gasteiger partial charge on any atom is 0.178 e. The van der Waals surface area contributed by atoms with Crippen LogP contribution in [-0.2, 0) is 9.59 Å². The SMILES string of the molecule is O=C1C=CC(C#CC2C=CC(=O)C=C2)C=C1. The van der Waals surface area contributed by atoms with E-state index in [0.717, 1.165) is 0 Å². The Morgan fingerprint density at radius 2 is 1.00 bits per heavy atom. The number of hydrogen-bond acceptors (Lipinski definition) is 2. The molecule has 0 aromatic rings. The van der Waals surface area contributed by atoms with Crippen molar-refractivity contribution >= 4 is 11.6 Å². The Balaban J connectivity index is 2.01. The lowest BCUT2D eigenvalue weighted by Gasteiger charge is -2.04. The molecule has 0 heterocycles. The highest BCUT2D eigenvalue weighted by Crippen LogP contribution is 2.09. The summed E-state index contributed by atoms with van der Waals surface area (Å²) < 4.78 is 0. The summed E-state index contributed by atoms with van der Waals surface area (Å²) >= 11 is 0. The van der Waals surface area contributed by atoms with E-state index in [0.29, 0.717) is 0 Å². The first-order valence-electron chi connectivity index (χ1n) is 5.06. The van der Waals surface area contributed by atoms with Crippen molar-refractivity contribution in [2.45, 2.75) is 0 Å². The van der Waals surface area contributed by atoms with Gasteiger partial charge in [0, 0.05) is 0 Å². The summed E-state index contributed by atoms with van der Waals surface area (Å²) in [6.45, 7) is 0. The highest BCUT2D eigenvalue weighted by Gasteiger charge is 2.05. The number of rotatable bonds is 0. The topological polar surface area (TPSA) is 34.1 Å². The molecule has 0 aromatic heterocycles. The van der Waals surface area contributed by atoms with E-state index in [4.69, 9.17) is 0 Å². The van der Waals surface area contributed by atoms with Crippen LogP contribution < -0.4 is 0 Å². The largest absolute Gasteiger partial charge is 0.290 e.